The molecule has 0 unspecified atom stereocenters. The topological polar surface area (TPSA) is 43.6 Å². The average Bonchev–Trinajstić information content (AvgIpc) is 3.33. The molecule has 2 aromatic heterocycles. The molecule has 8 heteroatoms. The Morgan fingerprint density at radius 2 is 2.00 bits per heavy atom. The van der Waals surface area contributed by atoms with Crippen molar-refractivity contribution in [2.75, 3.05) is 6.61 Å². The minimum atomic E-state index is -4.43. The van der Waals surface area contributed by atoms with Gasteiger partial charge in [0.2, 0.25) is 0 Å². The summed E-state index contributed by atoms with van der Waals surface area (Å²) in [5, 5.41) is 1.73. The normalized spacial score (nSPS) is 14.9. The van der Waals surface area contributed by atoms with Crippen molar-refractivity contribution in [3.8, 4) is 11.1 Å². The molecule has 0 radical (unpaired) electrons. The van der Waals surface area contributed by atoms with Crippen molar-refractivity contribution in [1.29, 1.82) is 0 Å². The van der Waals surface area contributed by atoms with Gasteiger partial charge in [-0.3, -0.25) is 9.20 Å². The zero-order chi connectivity index (χ0) is 19.0. The summed E-state index contributed by atoms with van der Waals surface area (Å²) in [5.74, 6) is 0.586. The summed E-state index contributed by atoms with van der Waals surface area (Å²) in [6.07, 6.45) is 2.58. The lowest BCUT2D eigenvalue weighted by Crippen LogP contribution is -2.17. The van der Waals surface area contributed by atoms with Crippen molar-refractivity contribution in [2.45, 2.75) is 19.0 Å². The zero-order valence-corrected chi connectivity index (χ0v) is 14.9. The van der Waals surface area contributed by atoms with E-state index in [1.165, 1.54) is 34.1 Å². The number of nitrogens with zero attached hydrogens (tertiary/aromatic N) is 2. The van der Waals surface area contributed by atoms with Gasteiger partial charge in [-0.1, -0.05) is 12.1 Å². The number of alkyl halides is 3. The lowest BCUT2D eigenvalue weighted by molar-refractivity contribution is -0.137. The highest BCUT2D eigenvalue weighted by molar-refractivity contribution is 7.15. The molecule has 0 bridgehead atoms. The van der Waals surface area contributed by atoms with Crippen LogP contribution in [0.3, 0.4) is 0 Å². The van der Waals surface area contributed by atoms with E-state index < -0.39 is 11.7 Å². The molecule has 1 saturated carbocycles. The van der Waals surface area contributed by atoms with Crippen molar-refractivity contribution in [2.24, 2.45) is 5.92 Å². The van der Waals surface area contributed by atoms with Crippen LogP contribution in [0.5, 0.6) is 0 Å². The van der Waals surface area contributed by atoms with Crippen LogP contribution >= 0.6 is 11.3 Å². The fraction of sp³-hybridized carbons (Fsp3) is 0.263. The molecule has 0 atom stereocenters. The minimum absolute atomic E-state index is 0.242. The number of fused-ring (bicyclic) bond motifs is 1. The second-order valence-corrected chi connectivity index (χ2v) is 7.26. The number of benzene rings is 1. The molecular formula is C19H15F3N2O2S. The van der Waals surface area contributed by atoms with Crippen LogP contribution in [0.4, 0.5) is 13.2 Å². The number of rotatable bonds is 5. The standard InChI is InChI=1S/C19H15F3N2O2S/c20-19(21,22)14-5-3-13(4-6-14)16-15(7-9-26-11-12-1-2-12)23-18-24(17(16)25)8-10-27-18/h3-10,12H,1-2,11H2. The molecule has 0 spiro atoms. The highest BCUT2D eigenvalue weighted by Gasteiger charge is 2.30. The predicted molar refractivity (Wildman–Crippen MR) is 97.5 cm³/mol. The van der Waals surface area contributed by atoms with Gasteiger partial charge >= 0.3 is 6.18 Å². The maximum absolute atomic E-state index is 12.9. The number of halogens is 3. The second kappa shape index (κ2) is 6.84. The molecule has 1 fully saturated rings. The van der Waals surface area contributed by atoms with Crippen LogP contribution in [-0.2, 0) is 10.9 Å². The molecule has 2 heterocycles. The maximum Gasteiger partial charge on any atom is 0.416 e. The van der Waals surface area contributed by atoms with E-state index in [2.05, 4.69) is 4.98 Å². The van der Waals surface area contributed by atoms with E-state index in [9.17, 15) is 18.0 Å². The minimum Gasteiger partial charge on any atom is -0.501 e. The van der Waals surface area contributed by atoms with E-state index in [-0.39, 0.29) is 11.1 Å². The smallest absolute Gasteiger partial charge is 0.416 e. The molecule has 140 valence electrons. The lowest BCUT2D eigenvalue weighted by Gasteiger charge is -2.09. The van der Waals surface area contributed by atoms with Crippen LogP contribution in [0.2, 0.25) is 0 Å². The number of thiazole rings is 1. The highest BCUT2D eigenvalue weighted by Crippen LogP contribution is 2.31. The Labute approximate surface area is 156 Å². The van der Waals surface area contributed by atoms with Crippen molar-refractivity contribution in [3.05, 3.63) is 63.7 Å². The van der Waals surface area contributed by atoms with Crippen LogP contribution in [0, 0.1) is 5.92 Å². The van der Waals surface area contributed by atoms with Gasteiger partial charge < -0.3 is 4.74 Å². The molecule has 0 saturated heterocycles. The van der Waals surface area contributed by atoms with Gasteiger partial charge in [-0.25, -0.2) is 4.98 Å². The quantitative estimate of drug-likeness (QED) is 0.584. The van der Waals surface area contributed by atoms with Gasteiger partial charge in [0.15, 0.2) is 4.96 Å². The van der Waals surface area contributed by atoms with Crippen LogP contribution in [0.1, 0.15) is 24.1 Å². The third-order valence-electron chi connectivity index (χ3n) is 4.35. The summed E-state index contributed by atoms with van der Waals surface area (Å²) in [7, 11) is 0. The molecule has 0 N–H and O–H groups in total. The van der Waals surface area contributed by atoms with Crippen molar-refractivity contribution in [3.63, 3.8) is 0 Å². The van der Waals surface area contributed by atoms with Crippen molar-refractivity contribution >= 4 is 22.4 Å². The number of aromatic nitrogens is 2. The van der Waals surface area contributed by atoms with Gasteiger partial charge in [-0.2, -0.15) is 13.2 Å². The fourth-order valence-electron chi connectivity index (χ4n) is 2.70. The van der Waals surface area contributed by atoms with E-state index >= 15 is 0 Å². The van der Waals surface area contributed by atoms with Gasteiger partial charge in [0.25, 0.3) is 5.56 Å². The molecule has 1 aliphatic carbocycles. The molecule has 1 aromatic carbocycles. The first-order chi connectivity index (χ1) is 12.9. The van der Waals surface area contributed by atoms with Crippen LogP contribution in [-0.4, -0.2) is 16.0 Å². The Bertz CT molecular complexity index is 1050. The largest absolute Gasteiger partial charge is 0.501 e. The van der Waals surface area contributed by atoms with Crippen molar-refractivity contribution in [1.82, 2.24) is 9.38 Å². The summed E-state index contributed by atoms with van der Waals surface area (Å²) in [4.78, 5) is 17.9. The predicted octanol–water partition coefficient (Wildman–Crippen LogP) is 4.84. The van der Waals surface area contributed by atoms with E-state index in [1.807, 2.05) is 0 Å². The molecule has 4 nitrogen and oxygen atoms in total. The molecule has 27 heavy (non-hydrogen) atoms. The first-order valence-electron chi connectivity index (χ1n) is 8.39. The SMILES string of the molecule is O=c1c(-c2ccc(C(F)(F)F)cc2)c(C=COCC2CC2)nc2sccn12. The van der Waals surface area contributed by atoms with E-state index in [0.717, 1.165) is 25.0 Å². The van der Waals surface area contributed by atoms with Gasteiger partial charge in [0, 0.05) is 11.6 Å². The Morgan fingerprint density at radius 1 is 1.26 bits per heavy atom. The van der Waals surface area contributed by atoms with E-state index in [0.29, 0.717) is 28.7 Å². The molecular weight excluding hydrogens is 377 g/mol. The molecule has 4 rings (SSSR count). The average molecular weight is 392 g/mol. The van der Waals surface area contributed by atoms with Crippen LogP contribution in [0.15, 0.2) is 46.9 Å². The Balaban J connectivity index is 1.75. The van der Waals surface area contributed by atoms with Gasteiger partial charge in [0.05, 0.1) is 29.7 Å². The number of hydrogen-bond acceptors (Lipinski definition) is 4. The summed E-state index contributed by atoms with van der Waals surface area (Å²) in [6.45, 7) is 0.617. The van der Waals surface area contributed by atoms with E-state index in [1.54, 1.807) is 17.7 Å². The summed E-state index contributed by atoms with van der Waals surface area (Å²) in [6, 6.07) is 4.52. The zero-order valence-electron chi connectivity index (χ0n) is 14.1. The van der Waals surface area contributed by atoms with Crippen LogP contribution < -0.4 is 5.56 Å². The first kappa shape index (κ1) is 17.8. The summed E-state index contributed by atoms with van der Waals surface area (Å²) >= 11 is 1.31. The monoisotopic (exact) mass is 392 g/mol. The number of hydrogen-bond donors (Lipinski definition) is 0. The molecule has 0 amide bonds. The van der Waals surface area contributed by atoms with Gasteiger partial charge in [-0.15, -0.1) is 11.3 Å². The fourth-order valence-corrected chi connectivity index (χ4v) is 3.42. The molecule has 3 aromatic rings. The molecule has 1 aliphatic rings. The van der Waals surface area contributed by atoms with Gasteiger partial charge in [-0.05, 0) is 42.5 Å². The van der Waals surface area contributed by atoms with E-state index in [4.69, 9.17) is 4.74 Å². The summed E-state index contributed by atoms with van der Waals surface area (Å²) < 4.78 is 45.3. The lowest BCUT2D eigenvalue weighted by atomic mass is 10.0. The van der Waals surface area contributed by atoms with Gasteiger partial charge in [0.1, 0.15) is 0 Å². The third-order valence-corrected chi connectivity index (χ3v) is 5.10. The summed E-state index contributed by atoms with van der Waals surface area (Å²) in [5.41, 5.74) is -0.101. The Kier molecular flexibility index (Phi) is 4.51. The second-order valence-electron chi connectivity index (χ2n) is 6.39. The Morgan fingerprint density at radius 3 is 2.67 bits per heavy atom. The first-order valence-corrected chi connectivity index (χ1v) is 9.27. The maximum atomic E-state index is 12.9. The number of ether oxygens (including phenoxy) is 1. The third kappa shape index (κ3) is 3.75. The van der Waals surface area contributed by atoms with Crippen molar-refractivity contribution < 1.29 is 17.9 Å². The highest BCUT2D eigenvalue weighted by atomic mass is 32.1. The van der Waals surface area contributed by atoms with Crippen LogP contribution in [0.25, 0.3) is 22.2 Å². The Hall–Kier alpha value is -2.61. The molecule has 0 aliphatic heterocycles.